The van der Waals surface area contributed by atoms with Gasteiger partial charge in [-0.25, -0.2) is 0 Å². The van der Waals surface area contributed by atoms with Gasteiger partial charge in [-0.1, -0.05) is 37.5 Å². The Morgan fingerprint density at radius 2 is 2.08 bits per heavy atom. The number of hydrogen-bond donors (Lipinski definition) is 1. The molecule has 2 heterocycles. The summed E-state index contributed by atoms with van der Waals surface area (Å²) >= 11 is 6.07. The van der Waals surface area contributed by atoms with Crippen molar-refractivity contribution in [2.75, 3.05) is 10.2 Å². The number of halogens is 1. The molecule has 7 heteroatoms. The third-order valence-electron chi connectivity index (χ3n) is 4.43. The molecule has 2 aromatic rings. The van der Waals surface area contributed by atoms with E-state index >= 15 is 0 Å². The summed E-state index contributed by atoms with van der Waals surface area (Å²) in [6.45, 7) is 7.86. The molecule has 1 aliphatic rings. The highest BCUT2D eigenvalue weighted by Gasteiger charge is 2.37. The van der Waals surface area contributed by atoms with E-state index in [0.717, 1.165) is 5.56 Å². The summed E-state index contributed by atoms with van der Waals surface area (Å²) in [5.41, 5.74) is 1.33. The van der Waals surface area contributed by atoms with Crippen LogP contribution in [0.25, 0.3) is 0 Å². The van der Waals surface area contributed by atoms with Gasteiger partial charge in [0.2, 0.25) is 11.8 Å². The molecule has 138 valence electrons. The number of aryl methyl sites for hydroxylation is 1. The Kier molecular flexibility index (Phi) is 4.80. The molecular formula is C19H22ClN3O3. The SMILES string of the molecule is Cc1cc(N2C(=O)CC[C@H]2C(=O)Nc2cc(C(C)(C)C)on2)ccc1Cl. The maximum Gasteiger partial charge on any atom is 0.248 e. The molecule has 2 amide bonds. The second kappa shape index (κ2) is 6.76. The molecule has 1 aromatic heterocycles. The first-order valence-corrected chi connectivity index (χ1v) is 8.91. The number of carbonyl (C=O) groups is 2. The third kappa shape index (κ3) is 3.60. The van der Waals surface area contributed by atoms with Gasteiger partial charge in [-0.15, -0.1) is 0 Å². The molecule has 1 aromatic carbocycles. The van der Waals surface area contributed by atoms with Crippen molar-refractivity contribution in [3.05, 3.63) is 40.6 Å². The van der Waals surface area contributed by atoms with Gasteiger partial charge in [0, 0.05) is 28.6 Å². The number of aromatic nitrogens is 1. The van der Waals surface area contributed by atoms with Crippen molar-refractivity contribution in [2.24, 2.45) is 0 Å². The van der Waals surface area contributed by atoms with Crippen molar-refractivity contribution in [3.63, 3.8) is 0 Å². The van der Waals surface area contributed by atoms with Crippen LogP contribution in [0.15, 0.2) is 28.8 Å². The van der Waals surface area contributed by atoms with Crippen molar-refractivity contribution < 1.29 is 14.1 Å². The molecule has 0 aliphatic carbocycles. The van der Waals surface area contributed by atoms with Crippen molar-refractivity contribution in [3.8, 4) is 0 Å². The Balaban J connectivity index is 1.80. The van der Waals surface area contributed by atoms with Crippen LogP contribution in [0.3, 0.4) is 0 Å². The van der Waals surface area contributed by atoms with Crippen LogP contribution >= 0.6 is 11.6 Å². The van der Waals surface area contributed by atoms with E-state index in [1.54, 1.807) is 18.2 Å². The first-order valence-electron chi connectivity index (χ1n) is 8.53. The van der Waals surface area contributed by atoms with Gasteiger partial charge in [-0.2, -0.15) is 0 Å². The van der Waals surface area contributed by atoms with Gasteiger partial charge in [-0.3, -0.25) is 14.5 Å². The lowest BCUT2D eigenvalue weighted by Crippen LogP contribution is -2.41. The van der Waals surface area contributed by atoms with E-state index in [0.29, 0.717) is 35.1 Å². The molecule has 6 nitrogen and oxygen atoms in total. The van der Waals surface area contributed by atoms with Crippen LogP contribution in [-0.2, 0) is 15.0 Å². The van der Waals surface area contributed by atoms with Crippen molar-refractivity contribution in [1.82, 2.24) is 5.16 Å². The summed E-state index contributed by atoms with van der Waals surface area (Å²) in [4.78, 5) is 26.6. The number of nitrogens with zero attached hydrogens (tertiary/aromatic N) is 2. The molecular weight excluding hydrogens is 354 g/mol. The summed E-state index contributed by atoms with van der Waals surface area (Å²) in [6.07, 6.45) is 0.780. The van der Waals surface area contributed by atoms with Gasteiger partial charge < -0.3 is 9.84 Å². The summed E-state index contributed by atoms with van der Waals surface area (Å²) in [6, 6.07) is 6.44. The molecule has 0 saturated carbocycles. The summed E-state index contributed by atoms with van der Waals surface area (Å²) < 4.78 is 5.29. The summed E-state index contributed by atoms with van der Waals surface area (Å²) in [5.74, 6) is 0.673. The quantitative estimate of drug-likeness (QED) is 0.877. The monoisotopic (exact) mass is 375 g/mol. The Morgan fingerprint density at radius 3 is 2.69 bits per heavy atom. The van der Waals surface area contributed by atoms with Gasteiger partial charge >= 0.3 is 0 Å². The van der Waals surface area contributed by atoms with E-state index in [1.165, 1.54) is 4.90 Å². The molecule has 0 spiro atoms. The van der Waals surface area contributed by atoms with Crippen LogP contribution in [-0.4, -0.2) is 23.0 Å². The number of benzene rings is 1. The first kappa shape index (κ1) is 18.5. The zero-order valence-electron chi connectivity index (χ0n) is 15.3. The van der Waals surface area contributed by atoms with E-state index in [2.05, 4.69) is 10.5 Å². The third-order valence-corrected chi connectivity index (χ3v) is 4.86. The summed E-state index contributed by atoms with van der Waals surface area (Å²) in [5, 5.41) is 7.29. The standard InChI is InChI=1S/C19H22ClN3O3/c1-11-9-12(5-6-13(11)20)23-14(7-8-17(23)24)18(25)21-16-10-15(26-22-16)19(2,3)4/h5-6,9-10,14H,7-8H2,1-4H3,(H,21,22,25)/t14-/m0/s1. The van der Waals surface area contributed by atoms with Crippen LogP contribution in [0.5, 0.6) is 0 Å². The lowest BCUT2D eigenvalue weighted by Gasteiger charge is -2.24. The predicted molar refractivity (Wildman–Crippen MR) is 101 cm³/mol. The molecule has 0 unspecified atom stereocenters. The fraction of sp³-hybridized carbons (Fsp3) is 0.421. The average Bonchev–Trinajstić information content (AvgIpc) is 3.16. The van der Waals surface area contributed by atoms with Crippen LogP contribution in [0.1, 0.15) is 44.9 Å². The van der Waals surface area contributed by atoms with E-state index in [4.69, 9.17) is 16.1 Å². The highest BCUT2D eigenvalue weighted by atomic mass is 35.5. The van der Waals surface area contributed by atoms with Gasteiger partial charge in [-0.05, 0) is 37.1 Å². The summed E-state index contributed by atoms with van der Waals surface area (Å²) in [7, 11) is 0. The largest absolute Gasteiger partial charge is 0.359 e. The molecule has 0 radical (unpaired) electrons. The number of anilines is 2. The van der Waals surface area contributed by atoms with Gasteiger partial charge in [0.25, 0.3) is 0 Å². The topological polar surface area (TPSA) is 75.4 Å². The zero-order chi connectivity index (χ0) is 19.1. The molecule has 1 aliphatic heterocycles. The lowest BCUT2D eigenvalue weighted by atomic mass is 9.93. The maximum atomic E-state index is 12.7. The van der Waals surface area contributed by atoms with Crippen molar-refractivity contribution in [1.29, 1.82) is 0 Å². The van der Waals surface area contributed by atoms with Crippen LogP contribution < -0.4 is 10.2 Å². The smallest absolute Gasteiger partial charge is 0.248 e. The minimum absolute atomic E-state index is 0.0811. The fourth-order valence-corrected chi connectivity index (χ4v) is 3.05. The second-order valence-corrected chi connectivity index (χ2v) is 7.97. The minimum Gasteiger partial charge on any atom is -0.359 e. The Bertz CT molecular complexity index is 854. The van der Waals surface area contributed by atoms with E-state index in [9.17, 15) is 9.59 Å². The number of rotatable bonds is 3. The predicted octanol–water partition coefficient (Wildman–Crippen LogP) is 4.07. The van der Waals surface area contributed by atoms with Crippen LogP contribution in [0.4, 0.5) is 11.5 Å². The molecule has 26 heavy (non-hydrogen) atoms. The van der Waals surface area contributed by atoms with Crippen molar-refractivity contribution in [2.45, 2.75) is 52.0 Å². The molecule has 3 rings (SSSR count). The Labute approximate surface area is 157 Å². The molecule has 1 N–H and O–H groups in total. The highest BCUT2D eigenvalue weighted by Crippen LogP contribution is 2.31. The highest BCUT2D eigenvalue weighted by molar-refractivity contribution is 6.31. The fourth-order valence-electron chi connectivity index (χ4n) is 2.93. The Morgan fingerprint density at radius 1 is 1.35 bits per heavy atom. The normalized spacial score (nSPS) is 17.7. The second-order valence-electron chi connectivity index (χ2n) is 7.57. The molecule has 1 saturated heterocycles. The number of nitrogens with one attached hydrogen (secondary N) is 1. The molecule has 0 bridgehead atoms. The Hall–Kier alpha value is -2.34. The van der Waals surface area contributed by atoms with E-state index < -0.39 is 6.04 Å². The molecule has 1 fully saturated rings. The lowest BCUT2D eigenvalue weighted by molar-refractivity contribution is -0.120. The molecule has 1 atom stereocenters. The van der Waals surface area contributed by atoms with Crippen LogP contribution in [0.2, 0.25) is 5.02 Å². The van der Waals surface area contributed by atoms with Gasteiger partial charge in [0.05, 0.1) is 0 Å². The average molecular weight is 376 g/mol. The number of hydrogen-bond acceptors (Lipinski definition) is 4. The number of carbonyl (C=O) groups excluding carboxylic acids is 2. The van der Waals surface area contributed by atoms with Crippen LogP contribution in [0, 0.1) is 6.92 Å². The van der Waals surface area contributed by atoms with Crippen molar-refractivity contribution >= 4 is 34.9 Å². The van der Waals surface area contributed by atoms with Gasteiger partial charge in [0.15, 0.2) is 5.82 Å². The maximum absolute atomic E-state index is 12.7. The van der Waals surface area contributed by atoms with Gasteiger partial charge in [0.1, 0.15) is 11.8 Å². The first-order chi connectivity index (χ1) is 12.2. The zero-order valence-corrected chi connectivity index (χ0v) is 16.1. The van der Waals surface area contributed by atoms with E-state index in [1.807, 2.05) is 33.8 Å². The number of amides is 2. The minimum atomic E-state index is -0.585. The van der Waals surface area contributed by atoms with E-state index in [-0.39, 0.29) is 17.2 Å².